The fraction of sp³-hybridized carbons (Fsp3) is 0.438. The fourth-order valence-corrected chi connectivity index (χ4v) is 2.72. The molecular formula is C16H21N5O2. The van der Waals surface area contributed by atoms with Crippen LogP contribution in [0.2, 0.25) is 0 Å². The van der Waals surface area contributed by atoms with Gasteiger partial charge < -0.3 is 10.6 Å². The zero-order valence-corrected chi connectivity index (χ0v) is 13.0. The van der Waals surface area contributed by atoms with Crippen LogP contribution in [0.3, 0.4) is 0 Å². The summed E-state index contributed by atoms with van der Waals surface area (Å²) in [6, 6.07) is 7.14. The van der Waals surface area contributed by atoms with E-state index < -0.39 is 0 Å². The lowest BCUT2D eigenvalue weighted by Crippen LogP contribution is -2.46. The molecule has 0 bridgehead atoms. The van der Waals surface area contributed by atoms with Crippen molar-refractivity contribution in [3.8, 4) is 0 Å². The number of nitrogens with zero attached hydrogens (tertiary/aromatic N) is 3. The number of benzene rings is 1. The predicted molar refractivity (Wildman–Crippen MR) is 88.3 cm³/mol. The quantitative estimate of drug-likeness (QED) is 0.772. The fourth-order valence-electron chi connectivity index (χ4n) is 2.72. The molecular weight excluding hydrogens is 294 g/mol. The lowest BCUT2D eigenvalue weighted by atomic mass is 10.2. The van der Waals surface area contributed by atoms with Crippen LogP contribution in [0, 0.1) is 0 Å². The zero-order valence-electron chi connectivity index (χ0n) is 13.0. The molecule has 2 aromatic rings. The molecule has 3 rings (SSSR count). The van der Waals surface area contributed by atoms with Crippen molar-refractivity contribution in [3.05, 3.63) is 40.9 Å². The molecule has 1 aliphatic heterocycles. The van der Waals surface area contributed by atoms with E-state index in [9.17, 15) is 9.59 Å². The third-order valence-corrected chi connectivity index (χ3v) is 4.01. The van der Waals surface area contributed by atoms with Crippen LogP contribution in [-0.4, -0.2) is 59.6 Å². The number of aromatic nitrogens is 2. The molecule has 0 unspecified atom stereocenters. The average molecular weight is 315 g/mol. The number of carbonyl (C=O) groups is 1. The molecule has 0 atom stereocenters. The SMILES string of the molecule is O=C(Cn1cnc2ccccc2c1=O)NCCN1CCNCC1. The van der Waals surface area contributed by atoms with Crippen LogP contribution in [0.15, 0.2) is 35.4 Å². The number of hydrogen-bond acceptors (Lipinski definition) is 5. The minimum absolute atomic E-state index is 0.00176. The Hall–Kier alpha value is -2.25. The summed E-state index contributed by atoms with van der Waals surface area (Å²) in [6.07, 6.45) is 1.43. The molecule has 0 spiro atoms. The average Bonchev–Trinajstić information content (AvgIpc) is 2.59. The summed E-state index contributed by atoms with van der Waals surface area (Å²) >= 11 is 0. The van der Waals surface area contributed by atoms with Gasteiger partial charge in [0.05, 0.1) is 17.2 Å². The van der Waals surface area contributed by atoms with E-state index in [-0.39, 0.29) is 18.0 Å². The first-order valence-corrected chi connectivity index (χ1v) is 7.88. The molecule has 1 amide bonds. The third-order valence-electron chi connectivity index (χ3n) is 4.01. The van der Waals surface area contributed by atoms with E-state index in [1.807, 2.05) is 6.07 Å². The highest BCUT2D eigenvalue weighted by Gasteiger charge is 2.10. The topological polar surface area (TPSA) is 79.3 Å². The van der Waals surface area contributed by atoms with Gasteiger partial charge in [0, 0.05) is 39.3 Å². The van der Waals surface area contributed by atoms with Gasteiger partial charge in [0.25, 0.3) is 5.56 Å². The predicted octanol–water partition coefficient (Wildman–Crippen LogP) is -0.582. The smallest absolute Gasteiger partial charge is 0.261 e. The van der Waals surface area contributed by atoms with Crippen molar-refractivity contribution >= 4 is 16.8 Å². The number of hydrogen-bond donors (Lipinski definition) is 2. The van der Waals surface area contributed by atoms with Crippen LogP contribution in [0.25, 0.3) is 10.9 Å². The molecule has 1 aromatic carbocycles. The summed E-state index contributed by atoms with van der Waals surface area (Å²) in [5, 5.41) is 6.69. The molecule has 1 fully saturated rings. The van der Waals surface area contributed by atoms with Gasteiger partial charge in [-0.25, -0.2) is 4.98 Å². The normalized spacial score (nSPS) is 15.7. The van der Waals surface area contributed by atoms with Gasteiger partial charge in [0.2, 0.25) is 5.91 Å². The minimum atomic E-state index is -0.187. The maximum atomic E-state index is 12.3. The van der Waals surface area contributed by atoms with Gasteiger partial charge >= 0.3 is 0 Å². The van der Waals surface area contributed by atoms with E-state index in [0.717, 1.165) is 32.7 Å². The van der Waals surface area contributed by atoms with Crippen molar-refractivity contribution in [2.45, 2.75) is 6.54 Å². The molecule has 7 nitrogen and oxygen atoms in total. The summed E-state index contributed by atoms with van der Waals surface area (Å²) < 4.78 is 1.35. The van der Waals surface area contributed by atoms with Crippen molar-refractivity contribution in [1.29, 1.82) is 0 Å². The van der Waals surface area contributed by atoms with Crippen LogP contribution >= 0.6 is 0 Å². The number of carbonyl (C=O) groups excluding carboxylic acids is 1. The van der Waals surface area contributed by atoms with Crippen LogP contribution in [0.5, 0.6) is 0 Å². The Bertz CT molecular complexity index is 737. The molecule has 1 aliphatic rings. The van der Waals surface area contributed by atoms with Gasteiger partial charge in [-0.2, -0.15) is 0 Å². The minimum Gasteiger partial charge on any atom is -0.353 e. The third kappa shape index (κ3) is 3.94. The van der Waals surface area contributed by atoms with Gasteiger partial charge in [0.1, 0.15) is 6.54 Å². The summed E-state index contributed by atoms with van der Waals surface area (Å²) in [7, 11) is 0. The van der Waals surface area contributed by atoms with Crippen molar-refractivity contribution in [3.63, 3.8) is 0 Å². The molecule has 23 heavy (non-hydrogen) atoms. The first-order valence-electron chi connectivity index (χ1n) is 7.88. The Morgan fingerprint density at radius 3 is 2.87 bits per heavy atom. The Labute approximate surface area is 134 Å². The standard InChI is InChI=1S/C16H21N5O2/c22-15(18-7-10-20-8-5-17-6-9-20)11-21-12-19-14-4-2-1-3-13(14)16(21)23/h1-4,12,17H,5-11H2,(H,18,22). The van der Waals surface area contributed by atoms with Crippen LogP contribution in [-0.2, 0) is 11.3 Å². The molecule has 0 saturated carbocycles. The summed E-state index contributed by atoms with van der Waals surface area (Å²) in [4.78, 5) is 30.8. The number of nitrogens with one attached hydrogen (secondary N) is 2. The number of amides is 1. The molecule has 2 heterocycles. The Morgan fingerprint density at radius 2 is 2.04 bits per heavy atom. The second kappa shape index (κ2) is 7.34. The highest BCUT2D eigenvalue weighted by Crippen LogP contribution is 2.04. The second-order valence-electron chi connectivity index (χ2n) is 5.64. The Morgan fingerprint density at radius 1 is 1.26 bits per heavy atom. The molecule has 0 aliphatic carbocycles. The lowest BCUT2D eigenvalue weighted by molar-refractivity contribution is -0.121. The monoisotopic (exact) mass is 315 g/mol. The van der Waals surface area contributed by atoms with Gasteiger partial charge in [0.15, 0.2) is 0 Å². The van der Waals surface area contributed by atoms with Crippen LogP contribution in [0.4, 0.5) is 0 Å². The maximum Gasteiger partial charge on any atom is 0.261 e. The Balaban J connectivity index is 1.55. The molecule has 2 N–H and O–H groups in total. The largest absolute Gasteiger partial charge is 0.353 e. The van der Waals surface area contributed by atoms with Gasteiger partial charge in [-0.3, -0.25) is 19.1 Å². The molecule has 1 aromatic heterocycles. The van der Waals surface area contributed by atoms with Gasteiger partial charge in [-0.05, 0) is 12.1 Å². The van der Waals surface area contributed by atoms with Crippen molar-refractivity contribution < 1.29 is 4.79 Å². The van der Waals surface area contributed by atoms with Crippen molar-refractivity contribution in [2.75, 3.05) is 39.3 Å². The van der Waals surface area contributed by atoms with E-state index in [0.29, 0.717) is 17.4 Å². The van der Waals surface area contributed by atoms with Crippen molar-refractivity contribution in [2.24, 2.45) is 0 Å². The van der Waals surface area contributed by atoms with Gasteiger partial charge in [-0.15, -0.1) is 0 Å². The number of para-hydroxylation sites is 1. The molecule has 1 saturated heterocycles. The van der Waals surface area contributed by atoms with Gasteiger partial charge in [-0.1, -0.05) is 12.1 Å². The maximum absolute atomic E-state index is 12.3. The zero-order chi connectivity index (χ0) is 16.1. The van der Waals surface area contributed by atoms with E-state index in [1.54, 1.807) is 18.2 Å². The summed E-state index contributed by atoms with van der Waals surface area (Å²) in [5.74, 6) is -0.167. The number of piperazine rings is 1. The first-order chi connectivity index (χ1) is 11.2. The highest BCUT2D eigenvalue weighted by atomic mass is 16.2. The summed E-state index contributed by atoms with van der Waals surface area (Å²) in [6.45, 7) is 5.41. The number of fused-ring (bicyclic) bond motifs is 1. The van der Waals surface area contributed by atoms with E-state index in [1.165, 1.54) is 10.9 Å². The molecule has 122 valence electrons. The molecule has 0 radical (unpaired) electrons. The lowest BCUT2D eigenvalue weighted by Gasteiger charge is -2.27. The highest BCUT2D eigenvalue weighted by molar-refractivity contribution is 5.78. The first kappa shape index (κ1) is 15.6. The van der Waals surface area contributed by atoms with E-state index in [2.05, 4.69) is 20.5 Å². The number of rotatable bonds is 5. The molecule has 7 heteroatoms. The second-order valence-corrected chi connectivity index (χ2v) is 5.64. The Kier molecular flexibility index (Phi) is 4.99. The van der Waals surface area contributed by atoms with Crippen LogP contribution < -0.4 is 16.2 Å². The van der Waals surface area contributed by atoms with Crippen LogP contribution in [0.1, 0.15) is 0 Å². The van der Waals surface area contributed by atoms with E-state index in [4.69, 9.17) is 0 Å². The summed E-state index contributed by atoms with van der Waals surface area (Å²) in [5.41, 5.74) is 0.459. The van der Waals surface area contributed by atoms with E-state index >= 15 is 0 Å². The van der Waals surface area contributed by atoms with Crippen molar-refractivity contribution in [1.82, 2.24) is 25.1 Å².